The molecular formula is C22H22FN5O2. The molecule has 0 bridgehead atoms. The number of aromatic nitrogens is 4. The van der Waals surface area contributed by atoms with Crippen LogP contribution in [0.25, 0.3) is 0 Å². The highest BCUT2D eigenvalue weighted by Crippen LogP contribution is 2.40. The molecule has 1 aromatic carbocycles. The van der Waals surface area contributed by atoms with E-state index >= 15 is 0 Å². The van der Waals surface area contributed by atoms with E-state index in [1.54, 1.807) is 29.0 Å². The summed E-state index contributed by atoms with van der Waals surface area (Å²) in [6, 6.07) is 12.1. The van der Waals surface area contributed by atoms with Gasteiger partial charge in [-0.2, -0.15) is 5.10 Å². The molecule has 2 aliphatic rings. The van der Waals surface area contributed by atoms with Crippen LogP contribution >= 0.6 is 0 Å². The van der Waals surface area contributed by atoms with Crippen molar-refractivity contribution in [3.05, 3.63) is 92.3 Å². The van der Waals surface area contributed by atoms with Gasteiger partial charge in [0.15, 0.2) is 0 Å². The molecule has 154 valence electrons. The van der Waals surface area contributed by atoms with E-state index in [-0.39, 0.29) is 17.8 Å². The molecule has 7 nitrogen and oxygen atoms in total. The number of likely N-dealkylation sites (tertiary alicyclic amines) is 1. The predicted octanol–water partition coefficient (Wildman–Crippen LogP) is 1.53. The van der Waals surface area contributed by atoms with Gasteiger partial charge in [-0.25, -0.2) is 9.07 Å². The van der Waals surface area contributed by atoms with Gasteiger partial charge in [0.1, 0.15) is 11.6 Å². The van der Waals surface area contributed by atoms with Gasteiger partial charge >= 0.3 is 11.1 Å². The SMILES string of the molecule is O=c1c(=O)n2c(nn1Cc1ccccn1)[C@@]1(CCN(Cc3cccc(F)c3)C1)CC2. The van der Waals surface area contributed by atoms with E-state index in [0.717, 1.165) is 31.5 Å². The lowest BCUT2D eigenvalue weighted by Crippen LogP contribution is -2.45. The fourth-order valence-electron chi connectivity index (χ4n) is 4.70. The average Bonchev–Trinajstić information content (AvgIpc) is 3.31. The predicted molar refractivity (Wildman–Crippen MR) is 109 cm³/mol. The number of halogens is 1. The fourth-order valence-corrected chi connectivity index (χ4v) is 4.70. The summed E-state index contributed by atoms with van der Waals surface area (Å²) in [5.41, 5.74) is 0.220. The molecule has 2 aromatic heterocycles. The minimum atomic E-state index is -0.615. The largest absolute Gasteiger partial charge is 0.332 e. The molecule has 0 radical (unpaired) electrons. The standard InChI is InChI=1S/C22H22FN5O2/c23-17-5-3-4-16(12-17)13-26-10-7-22(15-26)8-11-27-19(29)20(30)28(25-21(22)27)14-18-6-1-2-9-24-18/h1-6,9,12H,7-8,10-11,13-15H2/t22-/m0/s1. The Bertz CT molecular complexity index is 1210. The first-order valence-corrected chi connectivity index (χ1v) is 10.1. The summed E-state index contributed by atoms with van der Waals surface area (Å²) in [6.45, 7) is 2.90. The van der Waals surface area contributed by atoms with Crippen LogP contribution in [0, 0.1) is 5.82 Å². The Hall–Kier alpha value is -3.13. The molecule has 2 aliphatic heterocycles. The van der Waals surface area contributed by atoms with Crippen molar-refractivity contribution >= 4 is 0 Å². The molecule has 3 aromatic rings. The van der Waals surface area contributed by atoms with E-state index in [1.807, 2.05) is 18.2 Å². The number of nitrogens with zero attached hydrogens (tertiary/aromatic N) is 5. The van der Waals surface area contributed by atoms with Crippen molar-refractivity contribution < 1.29 is 4.39 Å². The molecule has 5 rings (SSSR count). The normalized spacial score (nSPS) is 20.7. The zero-order chi connectivity index (χ0) is 20.7. The van der Waals surface area contributed by atoms with Gasteiger partial charge in [0, 0.05) is 31.2 Å². The van der Waals surface area contributed by atoms with Crippen LogP contribution in [-0.4, -0.2) is 37.3 Å². The Kier molecular flexibility index (Phi) is 4.58. The molecule has 0 aliphatic carbocycles. The number of fused-ring (bicyclic) bond motifs is 2. The monoisotopic (exact) mass is 407 g/mol. The van der Waals surface area contributed by atoms with Gasteiger partial charge in [0.25, 0.3) is 0 Å². The molecule has 4 heterocycles. The molecule has 0 saturated carbocycles. The highest BCUT2D eigenvalue weighted by atomic mass is 19.1. The molecule has 0 unspecified atom stereocenters. The van der Waals surface area contributed by atoms with E-state index in [1.165, 1.54) is 10.7 Å². The van der Waals surface area contributed by atoms with Crippen LogP contribution in [0.1, 0.15) is 29.9 Å². The van der Waals surface area contributed by atoms with E-state index < -0.39 is 11.1 Å². The minimum Gasteiger partial charge on any atom is -0.298 e. The lowest BCUT2D eigenvalue weighted by atomic mass is 9.85. The van der Waals surface area contributed by atoms with Crippen molar-refractivity contribution in [3.63, 3.8) is 0 Å². The maximum Gasteiger partial charge on any atom is 0.332 e. The maximum atomic E-state index is 13.5. The molecule has 1 fully saturated rings. The summed E-state index contributed by atoms with van der Waals surface area (Å²) >= 11 is 0. The fraction of sp³-hybridized carbons (Fsp3) is 0.364. The quantitative estimate of drug-likeness (QED) is 0.614. The zero-order valence-corrected chi connectivity index (χ0v) is 16.5. The highest BCUT2D eigenvalue weighted by Gasteiger charge is 2.47. The second kappa shape index (κ2) is 7.28. The smallest absolute Gasteiger partial charge is 0.298 e. The van der Waals surface area contributed by atoms with Gasteiger partial charge in [0.05, 0.1) is 12.2 Å². The second-order valence-corrected chi connectivity index (χ2v) is 8.19. The van der Waals surface area contributed by atoms with Crippen LogP contribution in [0.2, 0.25) is 0 Å². The van der Waals surface area contributed by atoms with Gasteiger partial charge in [-0.15, -0.1) is 0 Å². The summed E-state index contributed by atoms with van der Waals surface area (Å²) in [7, 11) is 0. The van der Waals surface area contributed by atoms with Gasteiger partial charge in [-0.05, 0) is 49.2 Å². The van der Waals surface area contributed by atoms with Gasteiger partial charge in [0.2, 0.25) is 0 Å². The second-order valence-electron chi connectivity index (χ2n) is 8.19. The number of pyridine rings is 1. The zero-order valence-electron chi connectivity index (χ0n) is 16.5. The number of benzene rings is 1. The third-order valence-corrected chi connectivity index (χ3v) is 6.19. The van der Waals surface area contributed by atoms with Crippen LogP contribution in [0.5, 0.6) is 0 Å². The number of rotatable bonds is 4. The minimum absolute atomic E-state index is 0.172. The number of hydrogen-bond donors (Lipinski definition) is 0. The molecule has 30 heavy (non-hydrogen) atoms. The van der Waals surface area contributed by atoms with Crippen molar-refractivity contribution in [2.75, 3.05) is 13.1 Å². The van der Waals surface area contributed by atoms with Gasteiger partial charge in [-0.3, -0.25) is 24.0 Å². The number of hydrogen-bond acceptors (Lipinski definition) is 5. The van der Waals surface area contributed by atoms with E-state index in [0.29, 0.717) is 24.6 Å². The Morgan fingerprint density at radius 1 is 1.00 bits per heavy atom. The first-order valence-electron chi connectivity index (χ1n) is 10.1. The molecule has 1 spiro atoms. The van der Waals surface area contributed by atoms with Crippen LogP contribution in [0.3, 0.4) is 0 Å². The van der Waals surface area contributed by atoms with Gasteiger partial charge < -0.3 is 0 Å². The Labute approximate surface area is 172 Å². The summed E-state index contributed by atoms with van der Waals surface area (Å²) in [6.07, 6.45) is 3.29. The van der Waals surface area contributed by atoms with Crippen LogP contribution in [-0.2, 0) is 25.0 Å². The molecule has 0 N–H and O–H groups in total. The van der Waals surface area contributed by atoms with Crippen molar-refractivity contribution in [3.8, 4) is 0 Å². The average molecular weight is 407 g/mol. The van der Waals surface area contributed by atoms with Crippen molar-refractivity contribution in [1.82, 2.24) is 24.2 Å². The van der Waals surface area contributed by atoms with Crippen molar-refractivity contribution in [2.45, 2.75) is 37.9 Å². The van der Waals surface area contributed by atoms with Gasteiger partial charge in [-0.1, -0.05) is 18.2 Å². The topological polar surface area (TPSA) is 73.0 Å². The highest BCUT2D eigenvalue weighted by molar-refractivity contribution is 5.20. The lowest BCUT2D eigenvalue weighted by Gasteiger charge is -2.24. The van der Waals surface area contributed by atoms with E-state index in [9.17, 15) is 14.0 Å². The lowest BCUT2D eigenvalue weighted by molar-refractivity contribution is 0.297. The van der Waals surface area contributed by atoms with Crippen molar-refractivity contribution in [1.29, 1.82) is 0 Å². The van der Waals surface area contributed by atoms with E-state index in [2.05, 4.69) is 15.0 Å². The maximum absolute atomic E-state index is 13.5. The summed E-state index contributed by atoms with van der Waals surface area (Å²) < 4.78 is 16.3. The molecule has 1 saturated heterocycles. The summed E-state index contributed by atoms with van der Waals surface area (Å²) in [5.74, 6) is 0.448. The Balaban J connectivity index is 1.45. The third-order valence-electron chi connectivity index (χ3n) is 6.19. The molecular weight excluding hydrogens is 385 g/mol. The molecule has 1 atom stereocenters. The Morgan fingerprint density at radius 2 is 1.87 bits per heavy atom. The molecule has 8 heteroatoms. The first kappa shape index (κ1) is 18.9. The summed E-state index contributed by atoms with van der Waals surface area (Å²) in [5, 5.41) is 4.64. The van der Waals surface area contributed by atoms with Crippen LogP contribution < -0.4 is 11.1 Å². The molecule has 0 amide bonds. The van der Waals surface area contributed by atoms with Crippen LogP contribution in [0.15, 0.2) is 58.3 Å². The Morgan fingerprint density at radius 3 is 2.67 bits per heavy atom. The summed E-state index contributed by atoms with van der Waals surface area (Å²) in [4.78, 5) is 31.8. The van der Waals surface area contributed by atoms with Crippen LogP contribution in [0.4, 0.5) is 4.39 Å². The third kappa shape index (κ3) is 3.27. The van der Waals surface area contributed by atoms with E-state index in [4.69, 9.17) is 0 Å². The first-order chi connectivity index (χ1) is 14.5. The van der Waals surface area contributed by atoms with Crippen molar-refractivity contribution in [2.24, 2.45) is 0 Å².